The maximum Gasteiger partial charge on any atom is 0.130 e. The van der Waals surface area contributed by atoms with E-state index in [-0.39, 0.29) is 0 Å². The van der Waals surface area contributed by atoms with Crippen LogP contribution >= 0.6 is 0 Å². The predicted molar refractivity (Wildman–Crippen MR) is 65.3 cm³/mol. The Morgan fingerprint density at radius 3 is 2.50 bits per heavy atom. The predicted octanol–water partition coefficient (Wildman–Crippen LogP) is 2.71. The minimum Gasteiger partial charge on any atom is -0.366 e. The number of nitrogens with zero attached hydrogens (tertiary/aromatic N) is 2. The van der Waals surface area contributed by atoms with Gasteiger partial charge < -0.3 is 5.32 Å². The van der Waals surface area contributed by atoms with Gasteiger partial charge in [-0.15, -0.1) is 0 Å². The molecule has 3 nitrogen and oxygen atoms in total. The Hall–Kier alpha value is -1.90. The molecule has 0 radical (unpaired) electrons. The lowest BCUT2D eigenvalue weighted by molar-refractivity contribution is 0.992. The molecule has 0 aliphatic carbocycles. The quantitative estimate of drug-likeness (QED) is 0.851. The number of benzene rings is 1. The van der Waals surface area contributed by atoms with E-state index in [2.05, 4.69) is 27.4 Å². The number of hydrogen-bond donors (Lipinski definition) is 1. The van der Waals surface area contributed by atoms with Crippen molar-refractivity contribution in [2.75, 3.05) is 5.32 Å². The number of aryl methyl sites for hydroxylation is 2. The van der Waals surface area contributed by atoms with Crippen LogP contribution < -0.4 is 5.32 Å². The zero-order valence-electron chi connectivity index (χ0n) is 9.57. The summed E-state index contributed by atoms with van der Waals surface area (Å²) in [4.78, 5) is 8.57. The SMILES string of the molecule is Cc1cc(NCc2ccccc2)nc(C)n1. The fraction of sp³-hybridized carbons (Fsp3) is 0.231. The minimum atomic E-state index is 0.788. The maximum atomic E-state index is 4.33. The Labute approximate surface area is 95.6 Å². The Bertz CT molecular complexity index is 446. The Morgan fingerprint density at radius 2 is 1.81 bits per heavy atom. The van der Waals surface area contributed by atoms with E-state index in [9.17, 15) is 0 Å². The molecule has 0 fully saturated rings. The van der Waals surface area contributed by atoms with Gasteiger partial charge >= 0.3 is 0 Å². The summed E-state index contributed by atoms with van der Waals surface area (Å²) in [5, 5.41) is 3.29. The highest BCUT2D eigenvalue weighted by atomic mass is 15.0. The van der Waals surface area contributed by atoms with Gasteiger partial charge in [-0.3, -0.25) is 0 Å². The lowest BCUT2D eigenvalue weighted by atomic mass is 10.2. The van der Waals surface area contributed by atoms with Crippen LogP contribution in [0, 0.1) is 13.8 Å². The molecule has 2 rings (SSSR count). The standard InChI is InChI=1S/C13H15N3/c1-10-8-13(16-11(2)15-10)14-9-12-6-4-3-5-7-12/h3-8H,9H2,1-2H3,(H,14,15,16). The third-order valence-electron chi connectivity index (χ3n) is 2.28. The third kappa shape index (κ3) is 2.79. The van der Waals surface area contributed by atoms with E-state index in [0.29, 0.717) is 0 Å². The first-order valence-electron chi connectivity index (χ1n) is 5.34. The van der Waals surface area contributed by atoms with Crippen LogP contribution in [-0.4, -0.2) is 9.97 Å². The number of rotatable bonds is 3. The van der Waals surface area contributed by atoms with Crippen LogP contribution in [0.1, 0.15) is 17.1 Å². The number of anilines is 1. The molecule has 1 aromatic carbocycles. The van der Waals surface area contributed by atoms with Crippen LogP contribution in [0.3, 0.4) is 0 Å². The van der Waals surface area contributed by atoms with Crippen molar-refractivity contribution in [1.29, 1.82) is 0 Å². The van der Waals surface area contributed by atoms with Gasteiger partial charge in [-0.05, 0) is 19.4 Å². The molecule has 1 N–H and O–H groups in total. The van der Waals surface area contributed by atoms with Crippen LogP contribution in [0.15, 0.2) is 36.4 Å². The Balaban J connectivity index is 2.05. The Morgan fingerprint density at radius 1 is 1.06 bits per heavy atom. The Kier molecular flexibility index (Phi) is 3.15. The lowest BCUT2D eigenvalue weighted by Gasteiger charge is -2.06. The molecule has 82 valence electrons. The van der Waals surface area contributed by atoms with Crippen LogP contribution in [-0.2, 0) is 6.54 Å². The molecular formula is C13H15N3. The average molecular weight is 213 g/mol. The molecule has 16 heavy (non-hydrogen) atoms. The average Bonchev–Trinajstić information content (AvgIpc) is 2.27. The van der Waals surface area contributed by atoms with E-state index in [1.165, 1.54) is 5.56 Å². The summed E-state index contributed by atoms with van der Waals surface area (Å²) in [6.07, 6.45) is 0. The van der Waals surface area contributed by atoms with Crippen molar-refractivity contribution in [3.05, 3.63) is 53.5 Å². The van der Waals surface area contributed by atoms with Gasteiger partial charge in [0.15, 0.2) is 0 Å². The van der Waals surface area contributed by atoms with Crippen LogP contribution in [0.4, 0.5) is 5.82 Å². The fourth-order valence-electron chi connectivity index (χ4n) is 1.60. The highest BCUT2D eigenvalue weighted by molar-refractivity contribution is 5.36. The molecular weight excluding hydrogens is 198 g/mol. The topological polar surface area (TPSA) is 37.8 Å². The molecule has 0 aliphatic rings. The van der Waals surface area contributed by atoms with Gasteiger partial charge in [0.25, 0.3) is 0 Å². The van der Waals surface area contributed by atoms with Gasteiger partial charge in [-0.25, -0.2) is 9.97 Å². The molecule has 0 unspecified atom stereocenters. The highest BCUT2D eigenvalue weighted by Crippen LogP contribution is 2.08. The third-order valence-corrected chi connectivity index (χ3v) is 2.28. The largest absolute Gasteiger partial charge is 0.366 e. The summed E-state index contributed by atoms with van der Waals surface area (Å²) < 4.78 is 0. The first kappa shape index (κ1) is 10.6. The molecule has 0 atom stereocenters. The second-order valence-electron chi connectivity index (χ2n) is 3.78. The highest BCUT2D eigenvalue weighted by Gasteiger charge is 1.98. The van der Waals surface area contributed by atoms with E-state index in [4.69, 9.17) is 0 Å². The van der Waals surface area contributed by atoms with E-state index >= 15 is 0 Å². The molecule has 1 heterocycles. The normalized spacial score (nSPS) is 10.1. The van der Waals surface area contributed by atoms with Crippen molar-refractivity contribution < 1.29 is 0 Å². The van der Waals surface area contributed by atoms with Gasteiger partial charge in [0.2, 0.25) is 0 Å². The summed E-state index contributed by atoms with van der Waals surface area (Å²) in [5.74, 6) is 1.68. The van der Waals surface area contributed by atoms with E-state index in [0.717, 1.165) is 23.9 Å². The van der Waals surface area contributed by atoms with Gasteiger partial charge in [0.1, 0.15) is 11.6 Å². The van der Waals surface area contributed by atoms with Crippen LogP contribution in [0.2, 0.25) is 0 Å². The molecule has 0 bridgehead atoms. The van der Waals surface area contributed by atoms with Crippen molar-refractivity contribution in [1.82, 2.24) is 9.97 Å². The molecule has 2 aromatic rings. The summed E-state index contributed by atoms with van der Waals surface area (Å²) in [6, 6.07) is 12.2. The summed E-state index contributed by atoms with van der Waals surface area (Å²) in [5.41, 5.74) is 2.24. The zero-order chi connectivity index (χ0) is 11.4. The molecule has 1 aromatic heterocycles. The second kappa shape index (κ2) is 4.75. The van der Waals surface area contributed by atoms with E-state index < -0.39 is 0 Å². The first-order chi connectivity index (χ1) is 7.74. The van der Waals surface area contributed by atoms with Crippen molar-refractivity contribution in [3.63, 3.8) is 0 Å². The molecule has 0 saturated carbocycles. The number of nitrogens with one attached hydrogen (secondary N) is 1. The maximum absolute atomic E-state index is 4.33. The fourth-order valence-corrected chi connectivity index (χ4v) is 1.60. The molecule has 0 amide bonds. The zero-order valence-corrected chi connectivity index (χ0v) is 9.57. The lowest BCUT2D eigenvalue weighted by Crippen LogP contribution is -2.03. The number of hydrogen-bond acceptors (Lipinski definition) is 3. The minimum absolute atomic E-state index is 0.788. The van der Waals surface area contributed by atoms with Crippen molar-refractivity contribution >= 4 is 5.82 Å². The van der Waals surface area contributed by atoms with Crippen molar-refractivity contribution in [3.8, 4) is 0 Å². The summed E-state index contributed by atoms with van der Waals surface area (Å²) in [6.45, 7) is 4.67. The van der Waals surface area contributed by atoms with Gasteiger partial charge in [0.05, 0.1) is 0 Å². The summed E-state index contributed by atoms with van der Waals surface area (Å²) in [7, 11) is 0. The van der Waals surface area contributed by atoms with Crippen molar-refractivity contribution in [2.24, 2.45) is 0 Å². The van der Waals surface area contributed by atoms with Gasteiger partial charge in [-0.2, -0.15) is 0 Å². The van der Waals surface area contributed by atoms with Crippen LogP contribution in [0.5, 0.6) is 0 Å². The smallest absolute Gasteiger partial charge is 0.130 e. The van der Waals surface area contributed by atoms with Crippen LogP contribution in [0.25, 0.3) is 0 Å². The monoisotopic (exact) mass is 213 g/mol. The second-order valence-corrected chi connectivity index (χ2v) is 3.78. The van der Waals surface area contributed by atoms with Gasteiger partial charge in [0, 0.05) is 18.3 Å². The van der Waals surface area contributed by atoms with E-state index in [1.807, 2.05) is 38.1 Å². The molecule has 0 saturated heterocycles. The number of aromatic nitrogens is 2. The molecule has 3 heteroatoms. The summed E-state index contributed by atoms with van der Waals surface area (Å²) >= 11 is 0. The van der Waals surface area contributed by atoms with E-state index in [1.54, 1.807) is 0 Å². The molecule has 0 aliphatic heterocycles. The van der Waals surface area contributed by atoms with Gasteiger partial charge in [-0.1, -0.05) is 30.3 Å². The first-order valence-corrected chi connectivity index (χ1v) is 5.34. The van der Waals surface area contributed by atoms with Crippen molar-refractivity contribution in [2.45, 2.75) is 20.4 Å². The molecule has 0 spiro atoms.